The van der Waals surface area contributed by atoms with E-state index in [-0.39, 0.29) is 23.9 Å². The van der Waals surface area contributed by atoms with E-state index < -0.39 is 5.54 Å². The summed E-state index contributed by atoms with van der Waals surface area (Å²) in [5.74, 6) is 0.745. The van der Waals surface area contributed by atoms with Crippen LogP contribution in [0.3, 0.4) is 0 Å². The van der Waals surface area contributed by atoms with Crippen molar-refractivity contribution in [3.05, 3.63) is 17.5 Å². The predicted molar refractivity (Wildman–Crippen MR) is 107 cm³/mol. The summed E-state index contributed by atoms with van der Waals surface area (Å²) in [6.07, 6.45) is 8.13. The maximum Gasteiger partial charge on any atom is 0.159 e. The first-order valence-corrected chi connectivity index (χ1v) is 10.8. The lowest BCUT2D eigenvalue weighted by atomic mass is 9.89. The number of carbonyl (C=O) groups excluding carboxylic acids is 1. The molecule has 1 unspecified atom stereocenters. The van der Waals surface area contributed by atoms with Crippen molar-refractivity contribution >= 4 is 5.78 Å². The summed E-state index contributed by atoms with van der Waals surface area (Å²) < 4.78 is 17.1. The smallest absolute Gasteiger partial charge is 0.159 e. The number of ether oxygens (including phenoxy) is 2. The highest BCUT2D eigenvalue weighted by molar-refractivity contribution is 5.89. The monoisotopic (exact) mass is 392 g/mol. The van der Waals surface area contributed by atoms with Gasteiger partial charge in [-0.05, 0) is 46.0 Å². The number of rotatable bonds is 9. The largest absolute Gasteiger partial charge is 0.361 e. The van der Waals surface area contributed by atoms with Crippen molar-refractivity contribution in [1.82, 2.24) is 10.5 Å². The molecule has 1 saturated heterocycles. The number of hydrogen-bond donors (Lipinski definition) is 1. The summed E-state index contributed by atoms with van der Waals surface area (Å²) in [6, 6.07) is 2.34. The SMILES string of the molecule is CC(C)(NC1CCCC1)C(=O)Cc1cc(C(C)(C)COC2CCCCO2)no1. The molecule has 2 heterocycles. The Morgan fingerprint density at radius 1 is 1.18 bits per heavy atom. The Morgan fingerprint density at radius 2 is 1.89 bits per heavy atom. The van der Waals surface area contributed by atoms with Gasteiger partial charge in [0.05, 0.1) is 24.3 Å². The van der Waals surface area contributed by atoms with Gasteiger partial charge in [-0.15, -0.1) is 0 Å². The molecule has 1 saturated carbocycles. The predicted octanol–water partition coefficient (Wildman–Crippen LogP) is 3.92. The third-order valence-corrected chi connectivity index (χ3v) is 5.97. The van der Waals surface area contributed by atoms with Crippen LogP contribution in [-0.2, 0) is 26.1 Å². The van der Waals surface area contributed by atoms with E-state index in [0.29, 0.717) is 18.4 Å². The van der Waals surface area contributed by atoms with Crippen molar-refractivity contribution < 1.29 is 18.8 Å². The lowest BCUT2D eigenvalue weighted by molar-refractivity contribution is -0.170. The molecule has 1 N–H and O–H groups in total. The van der Waals surface area contributed by atoms with E-state index in [2.05, 4.69) is 24.3 Å². The van der Waals surface area contributed by atoms with Gasteiger partial charge >= 0.3 is 0 Å². The van der Waals surface area contributed by atoms with Crippen molar-refractivity contribution in [3.63, 3.8) is 0 Å². The fourth-order valence-electron chi connectivity index (χ4n) is 3.97. The fraction of sp³-hybridized carbons (Fsp3) is 0.818. The highest BCUT2D eigenvalue weighted by Crippen LogP contribution is 2.26. The van der Waals surface area contributed by atoms with E-state index >= 15 is 0 Å². The van der Waals surface area contributed by atoms with Gasteiger partial charge in [-0.3, -0.25) is 4.79 Å². The van der Waals surface area contributed by atoms with Gasteiger partial charge in [0, 0.05) is 24.1 Å². The van der Waals surface area contributed by atoms with Gasteiger partial charge in [-0.2, -0.15) is 0 Å². The molecule has 0 amide bonds. The number of aromatic nitrogens is 1. The summed E-state index contributed by atoms with van der Waals surface area (Å²) in [5, 5.41) is 7.74. The average Bonchev–Trinajstić information content (AvgIpc) is 3.33. The molecule has 0 aromatic carbocycles. The lowest BCUT2D eigenvalue weighted by Crippen LogP contribution is -2.51. The summed E-state index contributed by atoms with van der Waals surface area (Å²) >= 11 is 0. The molecule has 3 rings (SSSR count). The van der Waals surface area contributed by atoms with Crippen LogP contribution in [0, 0.1) is 0 Å². The Morgan fingerprint density at radius 3 is 2.57 bits per heavy atom. The second kappa shape index (κ2) is 9.06. The molecule has 0 radical (unpaired) electrons. The normalized spacial score (nSPS) is 21.9. The lowest BCUT2D eigenvalue weighted by Gasteiger charge is -2.28. The zero-order valence-electron chi connectivity index (χ0n) is 17.9. The second-order valence-corrected chi connectivity index (χ2v) is 9.52. The molecule has 2 aliphatic rings. The van der Waals surface area contributed by atoms with E-state index in [0.717, 1.165) is 44.4 Å². The van der Waals surface area contributed by atoms with Gasteiger partial charge in [0.25, 0.3) is 0 Å². The third-order valence-electron chi connectivity index (χ3n) is 5.97. The molecule has 158 valence electrons. The number of nitrogens with zero attached hydrogens (tertiary/aromatic N) is 1. The molecule has 1 aliphatic heterocycles. The maximum absolute atomic E-state index is 12.8. The standard InChI is InChI=1S/C22H36N2O4/c1-21(2,15-27-20-11-7-8-12-26-20)18-13-17(28-24-18)14-19(25)22(3,4)23-16-9-5-6-10-16/h13,16,20,23H,5-12,14-15H2,1-4H3. The van der Waals surface area contributed by atoms with Gasteiger partial charge in [-0.1, -0.05) is 31.8 Å². The summed E-state index contributed by atoms with van der Waals surface area (Å²) in [5.41, 5.74) is -0.0463. The van der Waals surface area contributed by atoms with Crippen molar-refractivity contribution in [1.29, 1.82) is 0 Å². The molecular formula is C22H36N2O4. The molecule has 1 aromatic heterocycles. The number of carbonyl (C=O) groups is 1. The molecule has 1 atom stereocenters. The van der Waals surface area contributed by atoms with E-state index in [1.807, 2.05) is 19.9 Å². The van der Waals surface area contributed by atoms with Crippen LogP contribution in [0.2, 0.25) is 0 Å². The Bertz CT molecular complexity index is 641. The van der Waals surface area contributed by atoms with E-state index in [1.165, 1.54) is 12.8 Å². The van der Waals surface area contributed by atoms with Crippen LogP contribution in [0.25, 0.3) is 0 Å². The molecule has 6 nitrogen and oxygen atoms in total. The Balaban J connectivity index is 1.53. The third kappa shape index (κ3) is 5.65. The molecule has 0 bridgehead atoms. The quantitative estimate of drug-likeness (QED) is 0.687. The van der Waals surface area contributed by atoms with Gasteiger partial charge in [-0.25, -0.2) is 0 Å². The molecule has 6 heteroatoms. The van der Waals surface area contributed by atoms with E-state index in [9.17, 15) is 4.79 Å². The van der Waals surface area contributed by atoms with E-state index in [1.54, 1.807) is 0 Å². The second-order valence-electron chi connectivity index (χ2n) is 9.52. The molecule has 1 aliphatic carbocycles. The van der Waals surface area contributed by atoms with Gasteiger partial charge in [0.15, 0.2) is 12.1 Å². The molecule has 0 spiro atoms. The highest BCUT2D eigenvalue weighted by atomic mass is 16.7. The number of Topliss-reactive ketones (excluding diaryl/α,β-unsaturated/α-hetero) is 1. The number of nitrogens with one attached hydrogen (secondary N) is 1. The number of ketones is 1. The maximum atomic E-state index is 12.8. The zero-order chi connectivity index (χ0) is 20.2. The zero-order valence-corrected chi connectivity index (χ0v) is 17.9. The minimum absolute atomic E-state index is 0.122. The summed E-state index contributed by atoms with van der Waals surface area (Å²) in [7, 11) is 0. The van der Waals surface area contributed by atoms with Crippen molar-refractivity contribution in [2.75, 3.05) is 13.2 Å². The summed E-state index contributed by atoms with van der Waals surface area (Å²) in [4.78, 5) is 12.8. The van der Waals surface area contributed by atoms with Crippen LogP contribution in [0.1, 0.15) is 84.1 Å². The summed E-state index contributed by atoms with van der Waals surface area (Å²) in [6.45, 7) is 9.35. The van der Waals surface area contributed by atoms with Crippen molar-refractivity contribution in [2.24, 2.45) is 0 Å². The Kier molecular flexibility index (Phi) is 6.94. The van der Waals surface area contributed by atoms with E-state index in [4.69, 9.17) is 14.0 Å². The Hall–Kier alpha value is -1.24. The number of hydrogen-bond acceptors (Lipinski definition) is 6. The first-order chi connectivity index (χ1) is 13.3. The fourth-order valence-corrected chi connectivity index (χ4v) is 3.97. The van der Waals surface area contributed by atoms with Crippen LogP contribution in [0.4, 0.5) is 0 Å². The van der Waals surface area contributed by atoms with Crippen LogP contribution < -0.4 is 5.32 Å². The average molecular weight is 393 g/mol. The Labute approximate surface area is 168 Å². The van der Waals surface area contributed by atoms with Crippen LogP contribution >= 0.6 is 0 Å². The molecule has 2 fully saturated rings. The highest BCUT2D eigenvalue weighted by Gasteiger charge is 2.33. The minimum Gasteiger partial charge on any atom is -0.361 e. The minimum atomic E-state index is -0.557. The van der Waals surface area contributed by atoms with Gasteiger partial charge in [0.1, 0.15) is 5.76 Å². The topological polar surface area (TPSA) is 73.6 Å². The van der Waals surface area contributed by atoms with Crippen molar-refractivity contribution in [3.8, 4) is 0 Å². The van der Waals surface area contributed by atoms with Crippen LogP contribution in [0.15, 0.2) is 10.6 Å². The van der Waals surface area contributed by atoms with Gasteiger partial charge in [0.2, 0.25) is 0 Å². The van der Waals surface area contributed by atoms with Crippen LogP contribution in [0.5, 0.6) is 0 Å². The first kappa shape index (κ1) is 21.5. The van der Waals surface area contributed by atoms with Crippen molar-refractivity contribution in [2.45, 2.75) is 102 Å². The molecule has 28 heavy (non-hydrogen) atoms. The molecular weight excluding hydrogens is 356 g/mol. The van der Waals surface area contributed by atoms with Gasteiger partial charge < -0.3 is 19.3 Å². The first-order valence-electron chi connectivity index (χ1n) is 10.8. The molecule has 1 aromatic rings. The van der Waals surface area contributed by atoms with Crippen LogP contribution in [-0.4, -0.2) is 42.0 Å².